The van der Waals surface area contributed by atoms with E-state index in [0.29, 0.717) is 11.4 Å². The second-order valence-electron chi connectivity index (χ2n) is 4.60. The summed E-state index contributed by atoms with van der Waals surface area (Å²) in [6, 6.07) is 9.39. The van der Waals surface area contributed by atoms with Crippen molar-refractivity contribution < 1.29 is 0 Å². The molecular weight excluding hydrogens is 206 g/mol. The first-order valence-electron chi connectivity index (χ1n) is 5.59. The fraction of sp³-hybridized carbons (Fsp3) is 0.538. The number of likely N-dealkylation sites (tertiary alicyclic amines) is 1. The average molecular weight is 224 g/mol. The molecule has 2 atom stereocenters. The van der Waals surface area contributed by atoms with Gasteiger partial charge in [-0.15, -0.1) is 11.6 Å². The average Bonchev–Trinajstić information content (AvgIpc) is 2.49. The van der Waals surface area contributed by atoms with Gasteiger partial charge >= 0.3 is 0 Å². The minimum Gasteiger partial charge on any atom is -0.295 e. The normalized spacial score (nSPS) is 27.1. The van der Waals surface area contributed by atoms with Crippen LogP contribution in [-0.4, -0.2) is 22.9 Å². The first-order valence-corrected chi connectivity index (χ1v) is 6.02. The van der Waals surface area contributed by atoms with E-state index in [-0.39, 0.29) is 0 Å². The van der Waals surface area contributed by atoms with Crippen LogP contribution in [0.2, 0.25) is 0 Å². The molecule has 0 saturated carbocycles. The summed E-state index contributed by atoms with van der Waals surface area (Å²) < 4.78 is 0. The number of aryl methyl sites for hydroxylation is 1. The van der Waals surface area contributed by atoms with Gasteiger partial charge < -0.3 is 0 Å². The van der Waals surface area contributed by atoms with Gasteiger partial charge in [-0.2, -0.15) is 0 Å². The fourth-order valence-electron chi connectivity index (χ4n) is 2.18. The molecule has 2 rings (SSSR count). The zero-order valence-corrected chi connectivity index (χ0v) is 10.2. The van der Waals surface area contributed by atoms with Crippen LogP contribution in [0.4, 0.5) is 0 Å². The highest BCUT2D eigenvalue weighted by Crippen LogP contribution is 2.23. The Morgan fingerprint density at radius 3 is 2.53 bits per heavy atom. The van der Waals surface area contributed by atoms with Crippen molar-refractivity contribution in [2.45, 2.75) is 38.2 Å². The predicted octanol–water partition coefficient (Wildman–Crippen LogP) is 3.20. The highest BCUT2D eigenvalue weighted by Gasteiger charge is 2.27. The first kappa shape index (κ1) is 11.0. The van der Waals surface area contributed by atoms with Crippen molar-refractivity contribution in [1.82, 2.24) is 4.90 Å². The molecule has 1 saturated heterocycles. The molecule has 0 spiro atoms. The van der Waals surface area contributed by atoms with Crippen molar-refractivity contribution in [1.29, 1.82) is 0 Å². The molecule has 15 heavy (non-hydrogen) atoms. The molecule has 0 amide bonds. The summed E-state index contributed by atoms with van der Waals surface area (Å²) in [4.78, 5) is 2.46. The Labute approximate surface area is 97.0 Å². The lowest BCUT2D eigenvalue weighted by molar-refractivity contribution is 0.260. The van der Waals surface area contributed by atoms with E-state index in [1.165, 1.54) is 11.1 Å². The topological polar surface area (TPSA) is 3.24 Å². The molecule has 1 heterocycles. The first-order chi connectivity index (χ1) is 7.15. The van der Waals surface area contributed by atoms with Crippen molar-refractivity contribution in [2.24, 2.45) is 0 Å². The lowest BCUT2D eigenvalue weighted by atomic mass is 10.1. The van der Waals surface area contributed by atoms with E-state index in [2.05, 4.69) is 43.0 Å². The van der Waals surface area contributed by atoms with Crippen molar-refractivity contribution in [3.05, 3.63) is 35.4 Å². The van der Waals surface area contributed by atoms with E-state index in [0.717, 1.165) is 19.5 Å². The van der Waals surface area contributed by atoms with Gasteiger partial charge in [0.25, 0.3) is 0 Å². The van der Waals surface area contributed by atoms with Gasteiger partial charge in [0.1, 0.15) is 0 Å². The van der Waals surface area contributed by atoms with Crippen molar-refractivity contribution in [3.63, 3.8) is 0 Å². The van der Waals surface area contributed by atoms with E-state index >= 15 is 0 Å². The second-order valence-corrected chi connectivity index (χ2v) is 5.21. The summed E-state index contributed by atoms with van der Waals surface area (Å²) in [5.74, 6) is 0. The van der Waals surface area contributed by atoms with Crippen LogP contribution < -0.4 is 0 Å². The molecule has 0 radical (unpaired) electrons. The number of benzene rings is 1. The van der Waals surface area contributed by atoms with Crippen LogP contribution in [0.25, 0.3) is 0 Å². The van der Waals surface area contributed by atoms with Crippen molar-refractivity contribution in [3.8, 4) is 0 Å². The molecule has 0 bridgehead atoms. The second kappa shape index (κ2) is 4.54. The fourth-order valence-corrected chi connectivity index (χ4v) is 2.61. The van der Waals surface area contributed by atoms with E-state index in [1.807, 2.05) is 0 Å². The summed E-state index contributed by atoms with van der Waals surface area (Å²) in [6.07, 6.45) is 1.12. The number of halogens is 1. The Morgan fingerprint density at radius 1 is 1.33 bits per heavy atom. The molecule has 1 nitrogen and oxygen atoms in total. The maximum Gasteiger partial charge on any atom is 0.0478 e. The third-order valence-electron chi connectivity index (χ3n) is 3.16. The summed E-state index contributed by atoms with van der Waals surface area (Å²) in [5.41, 5.74) is 2.71. The maximum absolute atomic E-state index is 6.15. The maximum atomic E-state index is 6.15. The predicted molar refractivity (Wildman–Crippen MR) is 65.3 cm³/mol. The monoisotopic (exact) mass is 223 g/mol. The Kier molecular flexibility index (Phi) is 3.32. The van der Waals surface area contributed by atoms with Crippen LogP contribution in [0, 0.1) is 6.92 Å². The molecule has 1 aliphatic heterocycles. The summed E-state index contributed by atoms with van der Waals surface area (Å²) >= 11 is 6.15. The van der Waals surface area contributed by atoms with E-state index in [1.54, 1.807) is 0 Å². The molecule has 1 aromatic carbocycles. The van der Waals surface area contributed by atoms with Crippen LogP contribution >= 0.6 is 11.6 Å². The lowest BCUT2D eigenvalue weighted by Crippen LogP contribution is -2.26. The molecule has 0 aliphatic carbocycles. The zero-order valence-electron chi connectivity index (χ0n) is 9.41. The molecule has 2 unspecified atom stereocenters. The minimum atomic E-state index is 0.338. The molecule has 2 heteroatoms. The molecule has 0 aromatic heterocycles. The van der Waals surface area contributed by atoms with Gasteiger partial charge in [-0.1, -0.05) is 29.8 Å². The van der Waals surface area contributed by atoms with Crippen LogP contribution in [0.5, 0.6) is 0 Å². The third kappa shape index (κ3) is 2.73. The Balaban J connectivity index is 2.00. The quantitative estimate of drug-likeness (QED) is 0.696. The van der Waals surface area contributed by atoms with Gasteiger partial charge in [-0.3, -0.25) is 4.90 Å². The number of nitrogens with zero attached hydrogens (tertiary/aromatic N) is 1. The van der Waals surface area contributed by atoms with Gasteiger partial charge in [-0.25, -0.2) is 0 Å². The van der Waals surface area contributed by atoms with Gasteiger partial charge in [0.2, 0.25) is 0 Å². The van der Waals surface area contributed by atoms with Crippen LogP contribution in [0.3, 0.4) is 0 Å². The molecule has 1 aliphatic rings. The standard InChI is InChI=1S/C13H18ClN/c1-10-3-5-12(6-4-10)8-15-9-13(14)7-11(15)2/h3-6,11,13H,7-9H2,1-2H3. The van der Waals surface area contributed by atoms with Gasteiger partial charge in [0.15, 0.2) is 0 Å². The highest BCUT2D eigenvalue weighted by atomic mass is 35.5. The van der Waals surface area contributed by atoms with Crippen LogP contribution in [0.15, 0.2) is 24.3 Å². The Morgan fingerprint density at radius 2 is 2.00 bits per heavy atom. The number of hydrogen-bond donors (Lipinski definition) is 0. The van der Waals surface area contributed by atoms with Crippen molar-refractivity contribution >= 4 is 11.6 Å². The summed E-state index contributed by atoms with van der Waals surface area (Å²) in [5, 5.41) is 0.338. The highest BCUT2D eigenvalue weighted by molar-refractivity contribution is 6.21. The largest absolute Gasteiger partial charge is 0.295 e. The van der Waals surface area contributed by atoms with Crippen molar-refractivity contribution in [2.75, 3.05) is 6.54 Å². The SMILES string of the molecule is Cc1ccc(CN2CC(Cl)CC2C)cc1. The smallest absolute Gasteiger partial charge is 0.0478 e. The molecule has 0 N–H and O–H groups in total. The molecule has 1 fully saturated rings. The van der Waals surface area contributed by atoms with E-state index in [4.69, 9.17) is 11.6 Å². The molecule has 1 aromatic rings. The van der Waals surface area contributed by atoms with E-state index in [9.17, 15) is 0 Å². The van der Waals surface area contributed by atoms with Gasteiger partial charge in [0.05, 0.1) is 0 Å². The zero-order chi connectivity index (χ0) is 10.8. The van der Waals surface area contributed by atoms with Gasteiger partial charge in [0, 0.05) is 24.5 Å². The summed E-state index contributed by atoms with van der Waals surface area (Å²) in [6.45, 7) is 6.44. The lowest BCUT2D eigenvalue weighted by Gasteiger charge is -2.20. The third-order valence-corrected chi connectivity index (χ3v) is 3.48. The number of hydrogen-bond acceptors (Lipinski definition) is 1. The Bertz CT molecular complexity index is 320. The van der Waals surface area contributed by atoms with Gasteiger partial charge in [-0.05, 0) is 25.8 Å². The van der Waals surface area contributed by atoms with Crippen LogP contribution in [0.1, 0.15) is 24.5 Å². The van der Waals surface area contributed by atoms with E-state index < -0.39 is 0 Å². The minimum absolute atomic E-state index is 0.338. The molecular formula is C13H18ClN. The number of alkyl halides is 1. The van der Waals surface area contributed by atoms with Crippen LogP contribution in [-0.2, 0) is 6.54 Å². The summed E-state index contributed by atoms with van der Waals surface area (Å²) in [7, 11) is 0. The Hall–Kier alpha value is -0.530. The number of rotatable bonds is 2. The molecule has 82 valence electrons.